The van der Waals surface area contributed by atoms with Crippen molar-refractivity contribution in [2.75, 3.05) is 0 Å². The number of fused-ring (bicyclic) bond motifs is 5. The Hall–Kier alpha value is -1.58. The Morgan fingerprint density at radius 3 is 2.47 bits per heavy atom. The largest absolute Gasteiger partial charge is 0.462 e. The van der Waals surface area contributed by atoms with Gasteiger partial charge in [-0.25, -0.2) is 4.79 Å². The molecule has 36 heavy (non-hydrogen) atoms. The van der Waals surface area contributed by atoms with Gasteiger partial charge in [-0.2, -0.15) is 0 Å². The summed E-state index contributed by atoms with van der Waals surface area (Å²) in [5.74, 6) is 2.05. The van der Waals surface area contributed by atoms with Gasteiger partial charge in [-0.3, -0.25) is 4.79 Å². The Morgan fingerprint density at radius 1 is 1.11 bits per heavy atom. The molecule has 4 nitrogen and oxygen atoms in total. The number of allylic oxidation sites excluding steroid dienone is 2. The summed E-state index contributed by atoms with van der Waals surface area (Å²) >= 11 is 0. The highest BCUT2D eigenvalue weighted by Gasteiger charge is 2.65. The molecule has 4 aliphatic carbocycles. The number of carbonyl (C=O) groups excluding carboxylic acids is 2. The van der Waals surface area contributed by atoms with E-state index in [2.05, 4.69) is 47.6 Å². The van der Waals surface area contributed by atoms with Gasteiger partial charge in [0.15, 0.2) is 0 Å². The molecule has 0 radical (unpaired) electrons. The molecule has 200 valence electrons. The van der Waals surface area contributed by atoms with Crippen LogP contribution in [0.2, 0.25) is 0 Å². The van der Waals surface area contributed by atoms with Gasteiger partial charge in [-0.1, -0.05) is 53.2 Å². The number of hydrogen-bond acceptors (Lipinski definition) is 4. The van der Waals surface area contributed by atoms with Crippen LogP contribution in [0.3, 0.4) is 0 Å². The minimum atomic E-state index is -0.145. The molecule has 5 aliphatic rings. The highest BCUT2D eigenvalue weighted by atomic mass is 16.5. The Kier molecular flexibility index (Phi) is 6.12. The molecule has 4 heteroatoms. The van der Waals surface area contributed by atoms with Gasteiger partial charge in [0.05, 0.1) is 0 Å². The smallest absolute Gasteiger partial charge is 0.334 e. The second kappa shape index (κ2) is 8.46. The molecule has 1 heterocycles. The Labute approximate surface area is 218 Å². The maximum atomic E-state index is 11.9. The molecule has 0 aromatic rings. The van der Waals surface area contributed by atoms with Gasteiger partial charge < -0.3 is 9.47 Å². The van der Waals surface area contributed by atoms with Crippen LogP contribution in [0.1, 0.15) is 107 Å². The molecule has 0 amide bonds. The maximum Gasteiger partial charge on any atom is 0.334 e. The van der Waals surface area contributed by atoms with Crippen LogP contribution in [0.5, 0.6) is 0 Å². The van der Waals surface area contributed by atoms with Crippen LogP contribution in [-0.4, -0.2) is 24.1 Å². The van der Waals surface area contributed by atoms with Crippen molar-refractivity contribution in [3.8, 4) is 0 Å². The van der Waals surface area contributed by atoms with E-state index in [0.29, 0.717) is 23.7 Å². The molecule has 0 N–H and O–H groups in total. The molecule has 1 aliphatic heterocycles. The predicted octanol–water partition coefficient (Wildman–Crippen LogP) is 7.42. The molecule has 0 saturated heterocycles. The SMILES string of the molecule is CC(=O)O[C@H]1CC[C@]2(C)[C@@H]3CC[C@]4(C)[C@@H]([C@H](C)C[C@@H]5C=C(C)C(=O)O5)CC[C@@]4(C)C3=CC[C@H]2C1(C)C. The summed E-state index contributed by atoms with van der Waals surface area (Å²) in [5.41, 5.74) is 3.27. The monoisotopic (exact) mass is 496 g/mol. The van der Waals surface area contributed by atoms with Crippen molar-refractivity contribution in [2.24, 2.45) is 45.3 Å². The van der Waals surface area contributed by atoms with E-state index < -0.39 is 0 Å². The molecule has 0 spiro atoms. The van der Waals surface area contributed by atoms with Gasteiger partial charge >= 0.3 is 11.9 Å². The Morgan fingerprint density at radius 2 is 1.83 bits per heavy atom. The van der Waals surface area contributed by atoms with Crippen molar-refractivity contribution >= 4 is 11.9 Å². The first kappa shape index (κ1) is 26.0. The number of esters is 2. The molecule has 0 unspecified atom stereocenters. The summed E-state index contributed by atoms with van der Waals surface area (Å²) in [5, 5.41) is 0. The second-order valence-electron chi connectivity index (χ2n) is 14.4. The van der Waals surface area contributed by atoms with E-state index >= 15 is 0 Å². The molecular formula is C32H48O4. The van der Waals surface area contributed by atoms with Crippen LogP contribution < -0.4 is 0 Å². The zero-order valence-electron chi connectivity index (χ0n) is 23.9. The Bertz CT molecular complexity index is 1010. The minimum Gasteiger partial charge on any atom is -0.462 e. The van der Waals surface area contributed by atoms with Crippen LogP contribution in [-0.2, 0) is 19.1 Å². The van der Waals surface area contributed by atoms with E-state index in [1.165, 1.54) is 25.7 Å². The normalized spacial score (nSPS) is 46.0. The molecule has 5 rings (SSSR count). The first-order chi connectivity index (χ1) is 16.7. The molecule has 9 atom stereocenters. The first-order valence-corrected chi connectivity index (χ1v) is 14.5. The van der Waals surface area contributed by atoms with Crippen molar-refractivity contribution in [1.29, 1.82) is 0 Å². The lowest BCUT2D eigenvalue weighted by Crippen LogP contribution is -2.58. The van der Waals surface area contributed by atoms with E-state index in [9.17, 15) is 9.59 Å². The lowest BCUT2D eigenvalue weighted by Gasteiger charge is -2.64. The van der Waals surface area contributed by atoms with Gasteiger partial charge in [0.1, 0.15) is 12.2 Å². The van der Waals surface area contributed by atoms with Crippen LogP contribution >= 0.6 is 0 Å². The van der Waals surface area contributed by atoms with Crippen molar-refractivity contribution in [1.82, 2.24) is 0 Å². The van der Waals surface area contributed by atoms with Crippen LogP contribution in [0.25, 0.3) is 0 Å². The van der Waals surface area contributed by atoms with Crippen LogP contribution in [0.15, 0.2) is 23.3 Å². The lowest BCUT2D eigenvalue weighted by atomic mass is 9.41. The zero-order chi connectivity index (χ0) is 26.3. The summed E-state index contributed by atoms with van der Waals surface area (Å²) in [6.45, 7) is 18.2. The number of rotatable bonds is 4. The minimum absolute atomic E-state index is 0.0144. The van der Waals surface area contributed by atoms with E-state index in [-0.39, 0.29) is 45.8 Å². The fraction of sp³-hybridized carbons (Fsp3) is 0.812. The third-order valence-electron chi connectivity index (χ3n) is 12.5. The highest BCUT2D eigenvalue weighted by Crippen LogP contribution is 2.73. The van der Waals surface area contributed by atoms with Crippen molar-refractivity contribution in [3.63, 3.8) is 0 Å². The van der Waals surface area contributed by atoms with E-state index in [1.54, 1.807) is 12.5 Å². The molecule has 3 saturated carbocycles. The fourth-order valence-corrected chi connectivity index (χ4v) is 10.3. The average molecular weight is 497 g/mol. The highest BCUT2D eigenvalue weighted by molar-refractivity contribution is 5.90. The fourth-order valence-electron chi connectivity index (χ4n) is 10.3. The predicted molar refractivity (Wildman–Crippen MR) is 142 cm³/mol. The summed E-state index contributed by atoms with van der Waals surface area (Å²) in [6, 6.07) is 0. The second-order valence-corrected chi connectivity index (χ2v) is 14.4. The van der Waals surface area contributed by atoms with E-state index in [0.717, 1.165) is 31.3 Å². The zero-order valence-corrected chi connectivity index (χ0v) is 23.9. The standard InChI is InChI=1S/C32H48O4/c1-19(17-22-18-20(2)28(34)36-22)23-11-15-32(8)25-9-10-26-29(4,5)27(35-21(3)33)13-14-30(26,6)24(25)12-16-31(23,32)7/h9,18-19,22-24,26-27H,10-17H2,1-8H3/t19-,22-,23-,24-,26+,27+,30-,31-,32+/m1/s1. The molecular weight excluding hydrogens is 448 g/mol. The maximum absolute atomic E-state index is 11.9. The van der Waals surface area contributed by atoms with Gasteiger partial charge in [0, 0.05) is 17.9 Å². The Balaban J connectivity index is 1.40. The van der Waals surface area contributed by atoms with Crippen molar-refractivity contribution < 1.29 is 19.1 Å². The van der Waals surface area contributed by atoms with Gasteiger partial charge in [0.25, 0.3) is 0 Å². The summed E-state index contributed by atoms with van der Waals surface area (Å²) in [7, 11) is 0. The quantitative estimate of drug-likeness (QED) is 0.300. The summed E-state index contributed by atoms with van der Waals surface area (Å²) in [6.07, 6.45) is 13.9. The third kappa shape index (κ3) is 3.59. The lowest BCUT2D eigenvalue weighted by molar-refractivity contribution is -0.175. The number of ether oxygens (including phenoxy) is 2. The number of carbonyl (C=O) groups is 2. The third-order valence-corrected chi connectivity index (χ3v) is 12.5. The van der Waals surface area contributed by atoms with Crippen molar-refractivity contribution in [3.05, 3.63) is 23.3 Å². The molecule has 0 aromatic carbocycles. The van der Waals surface area contributed by atoms with E-state index in [4.69, 9.17) is 9.47 Å². The van der Waals surface area contributed by atoms with E-state index in [1.807, 2.05) is 13.0 Å². The van der Waals surface area contributed by atoms with Crippen LogP contribution in [0, 0.1) is 45.3 Å². The first-order valence-electron chi connectivity index (χ1n) is 14.5. The van der Waals surface area contributed by atoms with Gasteiger partial charge in [-0.15, -0.1) is 0 Å². The van der Waals surface area contributed by atoms with Crippen LogP contribution in [0.4, 0.5) is 0 Å². The van der Waals surface area contributed by atoms with Crippen molar-refractivity contribution in [2.45, 2.75) is 119 Å². The molecule has 0 aromatic heterocycles. The summed E-state index contributed by atoms with van der Waals surface area (Å²) in [4.78, 5) is 23.8. The average Bonchev–Trinajstić information content (AvgIpc) is 3.24. The molecule has 3 fully saturated rings. The summed E-state index contributed by atoms with van der Waals surface area (Å²) < 4.78 is 11.5. The topological polar surface area (TPSA) is 52.6 Å². The number of hydrogen-bond donors (Lipinski definition) is 0. The van der Waals surface area contributed by atoms with Gasteiger partial charge in [0.2, 0.25) is 0 Å². The number of cyclic esters (lactones) is 1. The molecule has 0 bridgehead atoms. The van der Waals surface area contributed by atoms with Gasteiger partial charge in [-0.05, 0) is 104 Å².